The van der Waals surface area contributed by atoms with Gasteiger partial charge in [0.05, 0.1) is 0 Å². The number of rotatable bonds is 5. The van der Waals surface area contributed by atoms with Gasteiger partial charge >= 0.3 is 5.97 Å². The van der Waals surface area contributed by atoms with Gasteiger partial charge in [0, 0.05) is 35.2 Å². The molecule has 33 heavy (non-hydrogen) atoms. The van der Waals surface area contributed by atoms with Crippen LogP contribution in [0.5, 0.6) is 0 Å². The topological polar surface area (TPSA) is 53.7 Å². The maximum Gasteiger partial charge on any atom is 0.328 e. The third kappa shape index (κ3) is 4.39. The minimum atomic E-state index is -1.68. The number of aliphatic carboxylic acids is 1. The highest BCUT2D eigenvalue weighted by molar-refractivity contribution is 5.85. The van der Waals surface area contributed by atoms with Crippen molar-refractivity contribution in [1.82, 2.24) is 4.90 Å². The van der Waals surface area contributed by atoms with Crippen LogP contribution < -0.4 is 0 Å². The number of carbonyl (C=O) groups is 1. The minimum Gasteiger partial charge on any atom is -0.478 e. The van der Waals surface area contributed by atoms with Gasteiger partial charge in [-0.1, -0.05) is 12.1 Å². The van der Waals surface area contributed by atoms with Gasteiger partial charge in [-0.15, -0.1) is 0 Å². The first kappa shape index (κ1) is 23.0. The summed E-state index contributed by atoms with van der Waals surface area (Å²) in [7, 11) is 0. The van der Waals surface area contributed by atoms with E-state index >= 15 is 8.78 Å². The maximum absolute atomic E-state index is 15.3. The first-order chi connectivity index (χ1) is 15.5. The third-order valence-electron chi connectivity index (χ3n) is 5.80. The lowest BCUT2D eigenvalue weighted by atomic mass is 9.87. The molecule has 0 saturated carbocycles. The lowest BCUT2D eigenvalue weighted by Gasteiger charge is -2.42. The first-order valence-electron chi connectivity index (χ1n) is 10.5. The summed E-state index contributed by atoms with van der Waals surface area (Å²) in [5, 5.41) is 9.30. The van der Waals surface area contributed by atoms with Crippen LogP contribution in [0.25, 0.3) is 17.0 Å². The van der Waals surface area contributed by atoms with Crippen molar-refractivity contribution >= 4 is 23.0 Å². The van der Waals surface area contributed by atoms with Gasteiger partial charge in [-0.25, -0.2) is 22.4 Å². The Morgan fingerprint density at radius 2 is 1.88 bits per heavy atom. The summed E-state index contributed by atoms with van der Waals surface area (Å²) in [6.45, 7) is 4.42. The van der Waals surface area contributed by atoms with E-state index in [0.29, 0.717) is 17.4 Å². The molecule has 0 aliphatic carbocycles. The van der Waals surface area contributed by atoms with E-state index in [1.165, 1.54) is 26.0 Å². The Hall–Kier alpha value is -3.13. The summed E-state index contributed by atoms with van der Waals surface area (Å²) < 4.78 is 65.7. The van der Waals surface area contributed by atoms with Gasteiger partial charge in [-0.3, -0.25) is 4.90 Å². The molecular formula is C25H23F4NO3. The highest BCUT2D eigenvalue weighted by Gasteiger charge is 2.42. The molecule has 0 fully saturated rings. The average molecular weight is 461 g/mol. The molecule has 0 saturated heterocycles. The molecule has 0 bridgehead atoms. The van der Waals surface area contributed by atoms with Crippen molar-refractivity contribution in [3.8, 4) is 0 Å². The summed E-state index contributed by atoms with van der Waals surface area (Å²) in [4.78, 5) is 12.4. The second-order valence-electron chi connectivity index (χ2n) is 8.98. The van der Waals surface area contributed by atoms with Crippen molar-refractivity contribution in [1.29, 1.82) is 0 Å². The van der Waals surface area contributed by atoms with E-state index in [4.69, 9.17) is 9.52 Å². The van der Waals surface area contributed by atoms with Crippen LogP contribution in [0.3, 0.4) is 0 Å². The fourth-order valence-corrected chi connectivity index (χ4v) is 4.51. The van der Waals surface area contributed by atoms with E-state index in [0.717, 1.165) is 24.3 Å². The van der Waals surface area contributed by atoms with Crippen molar-refractivity contribution in [3.05, 3.63) is 76.3 Å². The quantitative estimate of drug-likeness (QED) is 0.372. The predicted molar refractivity (Wildman–Crippen MR) is 116 cm³/mol. The van der Waals surface area contributed by atoms with Crippen molar-refractivity contribution in [2.24, 2.45) is 0 Å². The van der Waals surface area contributed by atoms with E-state index < -0.39 is 35.1 Å². The lowest BCUT2D eigenvalue weighted by Crippen LogP contribution is -2.48. The number of carboxylic acids is 1. The number of benzene rings is 2. The van der Waals surface area contributed by atoms with Crippen LogP contribution in [0.4, 0.5) is 17.6 Å². The molecule has 0 unspecified atom stereocenters. The van der Waals surface area contributed by atoms with E-state index in [9.17, 15) is 13.6 Å². The van der Waals surface area contributed by atoms with Crippen LogP contribution >= 0.6 is 0 Å². The van der Waals surface area contributed by atoms with Crippen LogP contribution in [0, 0.1) is 17.5 Å². The van der Waals surface area contributed by atoms with Gasteiger partial charge in [0.25, 0.3) is 0 Å². The van der Waals surface area contributed by atoms with Crippen LogP contribution in [0.1, 0.15) is 49.3 Å². The van der Waals surface area contributed by atoms with E-state index in [2.05, 4.69) is 0 Å². The summed E-state index contributed by atoms with van der Waals surface area (Å²) in [5.41, 5.74) is -1.41. The minimum absolute atomic E-state index is 0.0112. The fraction of sp³-hybridized carbons (Fsp3) is 0.320. The van der Waals surface area contributed by atoms with Crippen molar-refractivity contribution in [2.45, 2.75) is 44.9 Å². The van der Waals surface area contributed by atoms with Gasteiger partial charge in [-0.05, 0) is 57.0 Å². The molecule has 2 heterocycles. The molecule has 2 atom stereocenters. The normalized spacial score (nSPS) is 19.4. The number of fused-ring (bicyclic) bond motifs is 3. The van der Waals surface area contributed by atoms with Gasteiger partial charge in [0.2, 0.25) is 0 Å². The van der Waals surface area contributed by atoms with Gasteiger partial charge in [-0.2, -0.15) is 0 Å². The number of halogens is 4. The number of furan rings is 1. The smallest absolute Gasteiger partial charge is 0.328 e. The summed E-state index contributed by atoms with van der Waals surface area (Å²) in [6.07, 6.45) is 2.24. The summed E-state index contributed by atoms with van der Waals surface area (Å²) in [5.74, 6) is -3.56. The van der Waals surface area contributed by atoms with Crippen molar-refractivity contribution in [3.63, 3.8) is 0 Å². The predicted octanol–water partition coefficient (Wildman–Crippen LogP) is 6.03. The van der Waals surface area contributed by atoms with E-state index in [1.54, 1.807) is 11.0 Å². The number of alkyl halides is 1. The average Bonchev–Trinajstić information content (AvgIpc) is 3.06. The first-order valence-corrected chi connectivity index (χ1v) is 10.5. The number of hydrogen-bond donors (Lipinski definition) is 1. The molecule has 1 N–H and O–H groups in total. The Morgan fingerprint density at radius 1 is 1.21 bits per heavy atom. The second kappa shape index (κ2) is 8.33. The van der Waals surface area contributed by atoms with E-state index in [-0.39, 0.29) is 35.1 Å². The molecule has 2 aromatic carbocycles. The lowest BCUT2D eigenvalue weighted by molar-refractivity contribution is -0.131. The Bertz CT molecular complexity index is 1240. The molecule has 0 amide bonds. The van der Waals surface area contributed by atoms with Gasteiger partial charge < -0.3 is 9.52 Å². The molecule has 8 heteroatoms. The molecule has 1 aliphatic heterocycles. The molecule has 1 aliphatic rings. The number of carboxylic acid groups (broad SMARTS) is 1. The number of nitrogens with zero attached hydrogens (tertiary/aromatic N) is 1. The molecule has 0 spiro atoms. The molecular weight excluding hydrogens is 438 g/mol. The van der Waals surface area contributed by atoms with E-state index in [1.807, 2.05) is 6.92 Å². The summed E-state index contributed by atoms with van der Waals surface area (Å²) >= 11 is 0. The largest absolute Gasteiger partial charge is 0.478 e. The highest BCUT2D eigenvalue weighted by Crippen LogP contribution is 2.45. The monoisotopic (exact) mass is 461 g/mol. The third-order valence-corrected chi connectivity index (χ3v) is 5.80. The molecule has 0 radical (unpaired) electrons. The molecule has 3 aromatic rings. The molecule has 4 nitrogen and oxygen atoms in total. The summed E-state index contributed by atoms with van der Waals surface area (Å²) in [6, 6.07) is 5.02. The zero-order valence-corrected chi connectivity index (χ0v) is 18.3. The van der Waals surface area contributed by atoms with Crippen LogP contribution in [-0.4, -0.2) is 34.2 Å². The van der Waals surface area contributed by atoms with Crippen molar-refractivity contribution < 1.29 is 31.9 Å². The maximum atomic E-state index is 15.3. The second-order valence-corrected chi connectivity index (χ2v) is 8.98. The molecule has 4 rings (SSSR count). The number of hydrogen-bond acceptors (Lipinski definition) is 3. The SMILES string of the molecule is C[C@@H]1Cc2c(oc3c(F)cccc23)[C@@H](c2c(F)cc(/C=C/C(=O)O)cc2F)N1CC(C)(C)F. The highest BCUT2D eigenvalue weighted by atomic mass is 19.1. The van der Waals surface area contributed by atoms with Crippen LogP contribution in [-0.2, 0) is 11.2 Å². The van der Waals surface area contributed by atoms with Crippen LogP contribution in [0.2, 0.25) is 0 Å². The van der Waals surface area contributed by atoms with Gasteiger partial charge in [0.15, 0.2) is 11.4 Å². The van der Waals surface area contributed by atoms with Gasteiger partial charge in [0.1, 0.15) is 29.1 Å². The zero-order chi connectivity index (χ0) is 24.1. The Labute approximate surface area is 188 Å². The molecule has 1 aromatic heterocycles. The fourth-order valence-electron chi connectivity index (χ4n) is 4.51. The standard InChI is InChI=1S/C25H23F4NO3/c1-13-9-16-15-5-4-6-17(26)23(15)33-24(16)22(30(13)12-25(2,3)29)21-18(27)10-14(11-19(21)28)7-8-20(31)32/h4-8,10-11,13,22H,9,12H2,1-3H3,(H,31,32)/b8-7+/t13-,22-/m1/s1. The number of para-hydroxylation sites is 1. The molecule has 174 valence electrons. The zero-order valence-electron chi connectivity index (χ0n) is 18.3. The Kier molecular flexibility index (Phi) is 5.82. The Morgan fingerprint density at radius 3 is 2.48 bits per heavy atom. The van der Waals surface area contributed by atoms with Crippen LogP contribution in [0.15, 0.2) is 40.8 Å². The van der Waals surface area contributed by atoms with Crippen molar-refractivity contribution in [2.75, 3.05) is 6.54 Å². The Balaban J connectivity index is 1.94.